The van der Waals surface area contributed by atoms with Crippen molar-refractivity contribution in [2.45, 2.75) is 63.8 Å². The highest BCUT2D eigenvalue weighted by atomic mass is 19.4. The van der Waals surface area contributed by atoms with E-state index in [1.165, 1.54) is 6.92 Å². The maximum Gasteiger partial charge on any atom is 0.406 e. The lowest BCUT2D eigenvalue weighted by Crippen LogP contribution is -2.56. The second kappa shape index (κ2) is 4.15. The van der Waals surface area contributed by atoms with Crippen LogP contribution in [0, 0.1) is 0 Å². The summed E-state index contributed by atoms with van der Waals surface area (Å²) >= 11 is 0. The van der Waals surface area contributed by atoms with Crippen LogP contribution in [0.3, 0.4) is 0 Å². The quantitative estimate of drug-likeness (QED) is 0.806. The van der Waals surface area contributed by atoms with Gasteiger partial charge in [0.2, 0.25) is 5.91 Å². The van der Waals surface area contributed by atoms with Crippen LogP contribution in [0.5, 0.6) is 0 Å². The van der Waals surface area contributed by atoms with Gasteiger partial charge in [-0.2, -0.15) is 13.2 Å². The molecule has 1 rings (SSSR count). The van der Waals surface area contributed by atoms with Crippen LogP contribution in [0.15, 0.2) is 0 Å². The zero-order chi connectivity index (χ0) is 13.5. The Morgan fingerprint density at radius 2 is 1.71 bits per heavy atom. The maximum atomic E-state index is 12.7. The summed E-state index contributed by atoms with van der Waals surface area (Å²) in [5, 5.41) is 5.04. The number of hydrogen-bond acceptors (Lipinski definition) is 2. The van der Waals surface area contributed by atoms with Gasteiger partial charge in [-0.15, -0.1) is 0 Å². The van der Waals surface area contributed by atoms with Crippen molar-refractivity contribution in [3.05, 3.63) is 0 Å². The average Bonchev–Trinajstić information content (AvgIpc) is 2.80. The highest BCUT2D eigenvalue weighted by Crippen LogP contribution is 2.49. The molecule has 1 aliphatic rings. The molecule has 0 aromatic heterocycles. The smallest absolute Gasteiger partial charge is 0.350 e. The first-order chi connectivity index (χ1) is 7.47. The van der Waals surface area contributed by atoms with Gasteiger partial charge in [0, 0.05) is 5.54 Å². The molecule has 0 aromatic carbocycles. The fraction of sp³-hybridized carbons (Fsp3) is 0.909. The summed E-state index contributed by atoms with van der Waals surface area (Å²) in [6.45, 7) is 6.81. The Labute approximate surface area is 99.1 Å². The molecule has 100 valence electrons. The number of carbonyl (C=O) groups is 1. The molecule has 0 aliphatic heterocycles. The second-order valence-corrected chi connectivity index (χ2v) is 5.69. The molecule has 0 saturated heterocycles. The molecule has 1 atom stereocenters. The first kappa shape index (κ1) is 14.3. The predicted molar refractivity (Wildman–Crippen MR) is 58.5 cm³/mol. The van der Waals surface area contributed by atoms with E-state index in [0.717, 1.165) is 0 Å². The molecule has 2 N–H and O–H groups in total. The minimum Gasteiger partial charge on any atom is -0.350 e. The normalized spacial score (nSPS) is 20.9. The molecule has 1 saturated carbocycles. The highest BCUT2D eigenvalue weighted by molar-refractivity contribution is 5.82. The van der Waals surface area contributed by atoms with E-state index in [1.54, 1.807) is 20.8 Å². The molecule has 6 heteroatoms. The standard InChI is InChI=1S/C11H19F3N2O/c1-7(8(17)16-9(2,3)4)15-10(5-6-10)11(12,13)14/h7,15H,5-6H2,1-4H3,(H,16,17). The largest absolute Gasteiger partial charge is 0.406 e. The summed E-state index contributed by atoms with van der Waals surface area (Å²) in [6, 6.07) is -0.849. The Morgan fingerprint density at radius 3 is 2.00 bits per heavy atom. The van der Waals surface area contributed by atoms with E-state index in [4.69, 9.17) is 0 Å². The fourth-order valence-corrected chi connectivity index (χ4v) is 1.59. The van der Waals surface area contributed by atoms with Gasteiger partial charge in [0.15, 0.2) is 0 Å². The zero-order valence-electron chi connectivity index (χ0n) is 10.5. The van der Waals surface area contributed by atoms with Crippen molar-refractivity contribution in [2.75, 3.05) is 0 Å². The molecule has 3 nitrogen and oxygen atoms in total. The van der Waals surface area contributed by atoms with Gasteiger partial charge in [-0.3, -0.25) is 10.1 Å². The molecule has 0 spiro atoms. The summed E-state index contributed by atoms with van der Waals surface area (Å²) in [4.78, 5) is 11.7. The first-order valence-electron chi connectivity index (χ1n) is 5.63. The summed E-state index contributed by atoms with van der Waals surface area (Å²) < 4.78 is 38.0. The van der Waals surface area contributed by atoms with Crippen molar-refractivity contribution < 1.29 is 18.0 Å². The Hall–Kier alpha value is -0.780. The van der Waals surface area contributed by atoms with Crippen LogP contribution >= 0.6 is 0 Å². The Balaban J connectivity index is 2.56. The van der Waals surface area contributed by atoms with Gasteiger partial charge >= 0.3 is 6.18 Å². The Kier molecular flexibility index (Phi) is 3.49. The fourth-order valence-electron chi connectivity index (χ4n) is 1.59. The Bertz CT molecular complexity index is 303. The van der Waals surface area contributed by atoms with E-state index in [0.29, 0.717) is 0 Å². The number of nitrogens with one attached hydrogen (secondary N) is 2. The van der Waals surface area contributed by atoms with Crippen LogP contribution in [0.25, 0.3) is 0 Å². The van der Waals surface area contributed by atoms with E-state index in [2.05, 4.69) is 10.6 Å². The third kappa shape index (κ3) is 3.59. The van der Waals surface area contributed by atoms with Crippen molar-refractivity contribution in [1.29, 1.82) is 0 Å². The molecule has 1 aliphatic carbocycles. The molecule has 1 unspecified atom stereocenters. The van der Waals surface area contributed by atoms with Crippen molar-refractivity contribution >= 4 is 5.91 Å². The minimum absolute atomic E-state index is 0.0453. The van der Waals surface area contributed by atoms with E-state index >= 15 is 0 Å². The monoisotopic (exact) mass is 252 g/mol. The molecule has 0 bridgehead atoms. The predicted octanol–water partition coefficient (Wildman–Crippen LogP) is 1.97. The van der Waals surface area contributed by atoms with Crippen LogP contribution in [-0.4, -0.2) is 29.2 Å². The summed E-state index contributed by atoms with van der Waals surface area (Å²) in [5.41, 5.74) is -2.29. The van der Waals surface area contributed by atoms with Gasteiger partial charge in [-0.05, 0) is 40.5 Å². The molecule has 0 heterocycles. The summed E-state index contributed by atoms with van der Waals surface area (Å²) in [6.07, 6.45) is -4.20. The molecule has 1 fully saturated rings. The van der Waals surface area contributed by atoms with Crippen LogP contribution in [0.4, 0.5) is 13.2 Å². The molecule has 17 heavy (non-hydrogen) atoms. The summed E-state index contributed by atoms with van der Waals surface area (Å²) in [7, 11) is 0. The molecule has 0 radical (unpaired) electrons. The van der Waals surface area contributed by atoms with Gasteiger partial charge in [0.05, 0.1) is 6.04 Å². The third-order valence-electron chi connectivity index (χ3n) is 2.68. The van der Waals surface area contributed by atoms with Crippen LogP contribution in [0.1, 0.15) is 40.5 Å². The van der Waals surface area contributed by atoms with Crippen LogP contribution in [0.2, 0.25) is 0 Å². The second-order valence-electron chi connectivity index (χ2n) is 5.69. The topological polar surface area (TPSA) is 41.1 Å². The minimum atomic E-state index is -4.29. The summed E-state index contributed by atoms with van der Waals surface area (Å²) in [5.74, 6) is -0.409. The zero-order valence-corrected chi connectivity index (χ0v) is 10.5. The maximum absolute atomic E-state index is 12.7. The van der Waals surface area contributed by atoms with E-state index in [-0.39, 0.29) is 12.8 Å². The number of rotatable bonds is 3. The van der Waals surface area contributed by atoms with Crippen molar-refractivity contribution in [1.82, 2.24) is 10.6 Å². The van der Waals surface area contributed by atoms with Gasteiger partial charge < -0.3 is 5.32 Å². The van der Waals surface area contributed by atoms with Gasteiger partial charge in [-0.1, -0.05) is 0 Å². The SMILES string of the molecule is CC(NC1(C(F)(F)F)CC1)C(=O)NC(C)(C)C. The first-order valence-corrected chi connectivity index (χ1v) is 5.63. The van der Waals surface area contributed by atoms with Crippen LogP contribution in [-0.2, 0) is 4.79 Å². The van der Waals surface area contributed by atoms with Gasteiger partial charge in [0.25, 0.3) is 0 Å². The molecular formula is C11H19F3N2O. The number of carbonyl (C=O) groups excluding carboxylic acids is 1. The van der Waals surface area contributed by atoms with E-state index in [9.17, 15) is 18.0 Å². The molecule has 1 amide bonds. The van der Waals surface area contributed by atoms with Crippen molar-refractivity contribution in [3.63, 3.8) is 0 Å². The number of halogens is 3. The van der Waals surface area contributed by atoms with Crippen molar-refractivity contribution in [2.24, 2.45) is 0 Å². The van der Waals surface area contributed by atoms with Crippen molar-refractivity contribution in [3.8, 4) is 0 Å². The lowest BCUT2D eigenvalue weighted by atomic mass is 10.1. The van der Waals surface area contributed by atoms with Crippen LogP contribution < -0.4 is 10.6 Å². The highest BCUT2D eigenvalue weighted by Gasteiger charge is 2.63. The van der Waals surface area contributed by atoms with E-state index < -0.39 is 29.2 Å². The third-order valence-corrected chi connectivity index (χ3v) is 2.68. The lowest BCUT2D eigenvalue weighted by molar-refractivity contribution is -0.168. The van der Waals surface area contributed by atoms with Gasteiger partial charge in [-0.25, -0.2) is 0 Å². The van der Waals surface area contributed by atoms with Gasteiger partial charge in [0.1, 0.15) is 5.54 Å². The number of hydrogen-bond donors (Lipinski definition) is 2. The number of amides is 1. The Morgan fingerprint density at radius 1 is 1.24 bits per heavy atom. The molecular weight excluding hydrogens is 233 g/mol. The van der Waals surface area contributed by atoms with E-state index in [1.807, 2.05) is 0 Å². The average molecular weight is 252 g/mol. The number of alkyl halides is 3. The lowest BCUT2D eigenvalue weighted by Gasteiger charge is -2.27. The molecule has 0 aromatic rings.